The molecule has 3 aromatic rings. The van der Waals surface area contributed by atoms with Gasteiger partial charge in [0.25, 0.3) is 10.0 Å². The van der Waals surface area contributed by atoms with Crippen LogP contribution in [0.25, 0.3) is 11.0 Å². The fraction of sp³-hybridized carbons (Fsp3) is 0.333. The lowest BCUT2D eigenvalue weighted by atomic mass is 10.0. The maximum atomic E-state index is 12.9. The zero-order chi connectivity index (χ0) is 20.9. The highest BCUT2D eigenvalue weighted by Crippen LogP contribution is 2.42. The third-order valence-electron chi connectivity index (χ3n) is 5.12. The monoisotopic (exact) mass is 414 g/mol. The molecule has 0 spiro atoms. The number of rotatable bonds is 5. The Bertz CT molecular complexity index is 1280. The third kappa shape index (κ3) is 3.65. The van der Waals surface area contributed by atoms with E-state index in [0.717, 1.165) is 24.2 Å². The van der Waals surface area contributed by atoms with Gasteiger partial charge in [-0.15, -0.1) is 0 Å². The number of aromatic nitrogens is 1. The van der Waals surface area contributed by atoms with Crippen LogP contribution in [-0.2, 0) is 10.0 Å². The molecule has 0 aliphatic heterocycles. The molecular formula is C21H22N2O5S. The Morgan fingerprint density at radius 3 is 2.66 bits per heavy atom. The second-order valence-corrected chi connectivity index (χ2v) is 9.01. The smallest absolute Gasteiger partial charge is 0.259 e. The van der Waals surface area contributed by atoms with Crippen molar-refractivity contribution in [2.75, 3.05) is 0 Å². The average Bonchev–Trinajstić information content (AvgIpc) is 3.49. The van der Waals surface area contributed by atoms with Gasteiger partial charge < -0.3 is 9.15 Å². The van der Waals surface area contributed by atoms with Gasteiger partial charge in [0.2, 0.25) is 5.03 Å². The van der Waals surface area contributed by atoms with Crippen molar-refractivity contribution in [2.45, 2.75) is 50.7 Å². The van der Waals surface area contributed by atoms with E-state index in [4.69, 9.17) is 14.3 Å². The van der Waals surface area contributed by atoms with Gasteiger partial charge >= 0.3 is 0 Å². The average molecular weight is 414 g/mol. The summed E-state index contributed by atoms with van der Waals surface area (Å²) in [7, 11) is -4.04. The minimum absolute atomic E-state index is 0.0445. The molecule has 1 aromatic carbocycles. The SMILES string of the molecule is Cc1cc([C@@H](C)Oc2cccnc2S(N)(=O)=O)c2oc(C3CC3)c(C)c(=O)c2c1. The highest BCUT2D eigenvalue weighted by Gasteiger charge is 2.30. The molecule has 0 amide bonds. The van der Waals surface area contributed by atoms with E-state index in [-0.39, 0.29) is 22.1 Å². The summed E-state index contributed by atoms with van der Waals surface area (Å²) in [5, 5.41) is 5.42. The lowest BCUT2D eigenvalue weighted by Crippen LogP contribution is -2.17. The lowest BCUT2D eigenvalue weighted by Gasteiger charge is -2.19. The minimum Gasteiger partial charge on any atom is -0.483 e. The number of nitrogens with two attached hydrogens (primary N) is 1. The van der Waals surface area contributed by atoms with Crippen LogP contribution >= 0.6 is 0 Å². The van der Waals surface area contributed by atoms with Crippen LogP contribution in [0.5, 0.6) is 5.75 Å². The number of benzene rings is 1. The van der Waals surface area contributed by atoms with Crippen molar-refractivity contribution in [3.05, 3.63) is 63.1 Å². The Balaban J connectivity index is 1.85. The summed E-state index contributed by atoms with van der Waals surface area (Å²) in [6, 6.07) is 6.76. The number of sulfonamides is 1. The first-order chi connectivity index (χ1) is 13.7. The maximum absolute atomic E-state index is 12.9. The van der Waals surface area contributed by atoms with Gasteiger partial charge in [0, 0.05) is 23.2 Å². The predicted molar refractivity (Wildman–Crippen MR) is 109 cm³/mol. The van der Waals surface area contributed by atoms with Gasteiger partial charge in [0.1, 0.15) is 17.4 Å². The van der Waals surface area contributed by atoms with Crippen LogP contribution < -0.4 is 15.3 Å². The molecule has 0 unspecified atom stereocenters. The number of pyridine rings is 1. The number of aryl methyl sites for hydroxylation is 1. The van der Waals surface area contributed by atoms with Gasteiger partial charge in [-0.1, -0.05) is 0 Å². The summed E-state index contributed by atoms with van der Waals surface area (Å²) in [5.74, 6) is 1.06. The molecule has 1 atom stereocenters. The molecule has 2 heterocycles. The van der Waals surface area contributed by atoms with Crippen molar-refractivity contribution < 1.29 is 17.6 Å². The largest absolute Gasteiger partial charge is 0.483 e. The topological polar surface area (TPSA) is 112 Å². The number of primary sulfonamides is 1. The first-order valence-electron chi connectivity index (χ1n) is 9.39. The summed E-state index contributed by atoms with van der Waals surface area (Å²) < 4.78 is 35.8. The number of hydrogen-bond acceptors (Lipinski definition) is 6. The molecule has 2 N–H and O–H groups in total. The van der Waals surface area contributed by atoms with Gasteiger partial charge in [-0.3, -0.25) is 4.79 Å². The molecule has 8 heteroatoms. The normalized spacial score (nSPS) is 15.4. The number of ether oxygens (including phenoxy) is 1. The molecule has 29 heavy (non-hydrogen) atoms. The molecule has 2 aromatic heterocycles. The fourth-order valence-electron chi connectivity index (χ4n) is 3.55. The quantitative estimate of drug-likeness (QED) is 0.684. The van der Waals surface area contributed by atoms with Crippen molar-refractivity contribution in [3.63, 3.8) is 0 Å². The maximum Gasteiger partial charge on any atom is 0.259 e. The summed E-state index contributed by atoms with van der Waals surface area (Å²) >= 11 is 0. The van der Waals surface area contributed by atoms with Gasteiger partial charge in [0.05, 0.1) is 5.39 Å². The van der Waals surface area contributed by atoms with Crippen LogP contribution in [0.15, 0.2) is 44.7 Å². The van der Waals surface area contributed by atoms with Gasteiger partial charge in [0.15, 0.2) is 11.2 Å². The number of hydrogen-bond donors (Lipinski definition) is 1. The first-order valence-corrected chi connectivity index (χ1v) is 10.9. The van der Waals surface area contributed by atoms with Crippen LogP contribution in [0.4, 0.5) is 0 Å². The van der Waals surface area contributed by atoms with Crippen LogP contribution in [0.1, 0.15) is 54.2 Å². The van der Waals surface area contributed by atoms with Gasteiger partial charge in [-0.25, -0.2) is 18.5 Å². The second kappa shape index (κ2) is 6.96. The molecule has 1 fully saturated rings. The van der Waals surface area contributed by atoms with E-state index in [9.17, 15) is 13.2 Å². The van der Waals surface area contributed by atoms with E-state index < -0.39 is 16.1 Å². The van der Waals surface area contributed by atoms with Crippen LogP contribution in [0.3, 0.4) is 0 Å². The van der Waals surface area contributed by atoms with Gasteiger partial charge in [-0.2, -0.15) is 0 Å². The molecule has 0 bridgehead atoms. The Hall–Kier alpha value is -2.71. The Kier molecular flexibility index (Phi) is 4.71. The van der Waals surface area contributed by atoms with Crippen molar-refractivity contribution >= 4 is 21.0 Å². The van der Waals surface area contributed by atoms with E-state index in [1.165, 1.54) is 12.3 Å². The molecule has 0 radical (unpaired) electrons. The van der Waals surface area contributed by atoms with Crippen molar-refractivity contribution in [1.82, 2.24) is 4.98 Å². The molecular weight excluding hydrogens is 392 g/mol. The zero-order valence-electron chi connectivity index (χ0n) is 16.4. The summed E-state index contributed by atoms with van der Waals surface area (Å²) in [6.07, 6.45) is 2.76. The van der Waals surface area contributed by atoms with Gasteiger partial charge in [-0.05, 0) is 63.4 Å². The fourth-order valence-corrected chi connectivity index (χ4v) is 4.16. The standard InChI is InChI=1S/C21H22N2O5S/c1-11-9-15(13(3)27-17-5-4-8-23-21(17)29(22,25)26)20-16(10-11)18(24)12(2)19(28-20)14-6-7-14/h4-5,8-10,13-14H,6-7H2,1-3H3,(H2,22,25,26)/t13-/m1/s1. The molecule has 0 saturated heterocycles. The first kappa shape index (κ1) is 19.6. The van der Waals surface area contributed by atoms with E-state index in [1.807, 2.05) is 13.0 Å². The lowest BCUT2D eigenvalue weighted by molar-refractivity contribution is 0.218. The highest BCUT2D eigenvalue weighted by molar-refractivity contribution is 7.89. The molecule has 1 aliphatic carbocycles. The summed E-state index contributed by atoms with van der Waals surface area (Å²) in [5.41, 5.74) is 2.63. The number of fused-ring (bicyclic) bond motifs is 1. The number of nitrogens with zero attached hydrogens (tertiary/aromatic N) is 1. The Morgan fingerprint density at radius 1 is 1.28 bits per heavy atom. The minimum atomic E-state index is -4.04. The zero-order valence-corrected chi connectivity index (χ0v) is 17.2. The van der Waals surface area contributed by atoms with E-state index in [0.29, 0.717) is 22.1 Å². The van der Waals surface area contributed by atoms with E-state index >= 15 is 0 Å². The predicted octanol–water partition coefficient (Wildman–Crippen LogP) is 3.47. The second-order valence-electron chi connectivity index (χ2n) is 7.54. The Morgan fingerprint density at radius 2 is 2.00 bits per heavy atom. The van der Waals surface area contributed by atoms with Crippen molar-refractivity contribution in [1.29, 1.82) is 0 Å². The highest BCUT2D eigenvalue weighted by atomic mass is 32.2. The molecule has 7 nitrogen and oxygen atoms in total. The van der Waals surface area contributed by atoms with Crippen LogP contribution in [-0.4, -0.2) is 13.4 Å². The third-order valence-corrected chi connectivity index (χ3v) is 5.97. The van der Waals surface area contributed by atoms with Crippen LogP contribution in [0.2, 0.25) is 0 Å². The van der Waals surface area contributed by atoms with Crippen LogP contribution in [0, 0.1) is 13.8 Å². The summed E-state index contributed by atoms with van der Waals surface area (Å²) in [4.78, 5) is 16.8. The molecule has 4 rings (SSSR count). The molecule has 1 saturated carbocycles. The Labute approximate surface area is 168 Å². The van der Waals surface area contributed by atoms with Crippen molar-refractivity contribution in [2.24, 2.45) is 5.14 Å². The van der Waals surface area contributed by atoms with E-state index in [2.05, 4.69) is 4.98 Å². The van der Waals surface area contributed by atoms with E-state index in [1.54, 1.807) is 26.0 Å². The molecule has 1 aliphatic rings. The molecule has 152 valence electrons. The summed E-state index contributed by atoms with van der Waals surface area (Å²) in [6.45, 7) is 5.46. The van der Waals surface area contributed by atoms with Crippen molar-refractivity contribution in [3.8, 4) is 5.75 Å².